The van der Waals surface area contributed by atoms with E-state index in [1.165, 1.54) is 14.2 Å². The molecule has 0 amide bonds. The van der Waals surface area contributed by atoms with Gasteiger partial charge in [-0.2, -0.15) is 0 Å². The predicted molar refractivity (Wildman–Crippen MR) is 114 cm³/mol. The molecule has 3 rings (SSSR count). The van der Waals surface area contributed by atoms with Crippen LogP contribution in [0.2, 0.25) is 0 Å². The fraction of sp³-hybridized carbons (Fsp3) is 0.200. The summed E-state index contributed by atoms with van der Waals surface area (Å²) in [6, 6.07) is 19.5. The lowest BCUT2D eigenvalue weighted by Gasteiger charge is -2.19. The van der Waals surface area contributed by atoms with E-state index < -0.39 is 12.1 Å². The molecule has 0 aliphatic heterocycles. The smallest absolute Gasteiger partial charge is 0.346 e. The fourth-order valence-corrected chi connectivity index (χ4v) is 3.10. The van der Waals surface area contributed by atoms with Gasteiger partial charge in [0.1, 0.15) is 17.1 Å². The Morgan fingerprint density at radius 2 is 1.23 bits per heavy atom. The molecule has 0 unspecified atom stereocenters. The predicted octanol–water partition coefficient (Wildman–Crippen LogP) is 5.10. The normalized spacial score (nSPS) is 11.5. The molecule has 154 valence electrons. The highest BCUT2D eigenvalue weighted by atomic mass is 16.6. The molecule has 0 saturated carbocycles. The van der Waals surface area contributed by atoms with Gasteiger partial charge in [0, 0.05) is 11.1 Å². The van der Waals surface area contributed by atoms with E-state index >= 15 is 0 Å². The Balaban J connectivity index is 2.01. The molecular weight excluding hydrogens is 380 g/mol. The Hall–Kier alpha value is -3.60. The van der Waals surface area contributed by atoms with Gasteiger partial charge in [-0.1, -0.05) is 65.7 Å². The summed E-state index contributed by atoms with van der Waals surface area (Å²) in [5.41, 5.74) is 3.27. The maximum absolute atomic E-state index is 13.3. The molecule has 30 heavy (non-hydrogen) atoms. The van der Waals surface area contributed by atoms with Gasteiger partial charge in [0.05, 0.1) is 14.2 Å². The van der Waals surface area contributed by atoms with Crippen LogP contribution in [-0.2, 0) is 4.74 Å². The third-order valence-electron chi connectivity index (χ3n) is 4.81. The summed E-state index contributed by atoms with van der Waals surface area (Å²) < 4.78 is 16.4. The first-order valence-electron chi connectivity index (χ1n) is 9.54. The Bertz CT molecular complexity index is 1010. The molecule has 5 nitrogen and oxygen atoms in total. The number of benzene rings is 3. The van der Waals surface area contributed by atoms with Gasteiger partial charge in [-0.3, -0.25) is 4.79 Å². The molecule has 0 saturated heterocycles. The molecule has 0 fully saturated rings. The Kier molecular flexibility index (Phi) is 6.52. The summed E-state index contributed by atoms with van der Waals surface area (Å²) in [6.07, 6.45) is -1.10. The van der Waals surface area contributed by atoms with E-state index in [1.54, 1.807) is 42.5 Å². The highest BCUT2D eigenvalue weighted by Crippen LogP contribution is 2.32. The molecule has 0 bridgehead atoms. The van der Waals surface area contributed by atoms with Gasteiger partial charge in [-0.05, 0) is 26.0 Å². The molecular formula is C25H24O5. The topological polar surface area (TPSA) is 61.8 Å². The summed E-state index contributed by atoms with van der Waals surface area (Å²) in [7, 11) is 2.92. The minimum Gasteiger partial charge on any atom is -0.496 e. The number of ether oxygens (including phenoxy) is 3. The van der Waals surface area contributed by atoms with E-state index in [0.717, 1.165) is 11.1 Å². The first-order chi connectivity index (χ1) is 14.4. The lowest BCUT2D eigenvalue weighted by molar-refractivity contribution is 0.0274. The zero-order chi connectivity index (χ0) is 21.7. The highest BCUT2D eigenvalue weighted by Gasteiger charge is 2.29. The number of Topliss-reactive ketones (excluding diaryl/α,β-unsaturated/α-hetero) is 1. The number of hydrogen-bond donors (Lipinski definition) is 0. The standard InChI is InChI=1S/C25H24O5/c1-16-8-12-18(13-9-16)23(26)24(19-14-10-17(2)11-15-19)30-25(27)22-20(28-3)6-5-7-21(22)29-4/h5-15,24H,1-4H3/t24-/m0/s1. The molecule has 0 heterocycles. The zero-order valence-corrected chi connectivity index (χ0v) is 17.5. The van der Waals surface area contributed by atoms with Gasteiger partial charge in [-0.25, -0.2) is 4.79 Å². The second-order valence-electron chi connectivity index (χ2n) is 6.96. The van der Waals surface area contributed by atoms with Crippen LogP contribution in [0.1, 0.15) is 43.5 Å². The van der Waals surface area contributed by atoms with Crippen molar-refractivity contribution >= 4 is 11.8 Å². The van der Waals surface area contributed by atoms with Crippen LogP contribution in [0.25, 0.3) is 0 Å². The molecule has 0 aliphatic rings. The lowest BCUT2D eigenvalue weighted by atomic mass is 9.98. The van der Waals surface area contributed by atoms with Crippen LogP contribution in [0, 0.1) is 13.8 Å². The average molecular weight is 404 g/mol. The number of hydrogen-bond acceptors (Lipinski definition) is 5. The Morgan fingerprint density at radius 3 is 1.73 bits per heavy atom. The van der Waals surface area contributed by atoms with Crippen LogP contribution < -0.4 is 9.47 Å². The van der Waals surface area contributed by atoms with Crippen molar-refractivity contribution in [1.29, 1.82) is 0 Å². The molecule has 0 aliphatic carbocycles. The Morgan fingerprint density at radius 1 is 0.733 bits per heavy atom. The van der Waals surface area contributed by atoms with Crippen molar-refractivity contribution in [1.82, 2.24) is 0 Å². The molecule has 3 aromatic carbocycles. The molecule has 5 heteroatoms. The number of carbonyl (C=O) groups excluding carboxylic acids is 2. The van der Waals surface area contributed by atoms with Crippen molar-refractivity contribution in [2.75, 3.05) is 14.2 Å². The number of carbonyl (C=O) groups is 2. The maximum Gasteiger partial charge on any atom is 0.346 e. The fourth-order valence-electron chi connectivity index (χ4n) is 3.10. The van der Waals surface area contributed by atoms with E-state index in [-0.39, 0.29) is 11.3 Å². The highest BCUT2D eigenvalue weighted by molar-refractivity contribution is 6.03. The average Bonchev–Trinajstić information content (AvgIpc) is 2.77. The van der Waals surface area contributed by atoms with Crippen molar-refractivity contribution in [2.24, 2.45) is 0 Å². The quantitative estimate of drug-likeness (QED) is 0.405. The molecule has 0 spiro atoms. The van der Waals surface area contributed by atoms with Gasteiger partial charge in [0.2, 0.25) is 5.78 Å². The molecule has 3 aromatic rings. The number of esters is 1. The van der Waals surface area contributed by atoms with Crippen molar-refractivity contribution in [3.63, 3.8) is 0 Å². The van der Waals surface area contributed by atoms with E-state index in [9.17, 15) is 9.59 Å². The molecule has 0 radical (unpaired) electrons. The number of rotatable bonds is 7. The first kappa shape index (κ1) is 21.1. The molecule has 0 N–H and O–H groups in total. The minimum absolute atomic E-state index is 0.135. The SMILES string of the molecule is COc1cccc(OC)c1C(=O)O[C@H](C(=O)c1ccc(C)cc1)c1ccc(C)cc1. The van der Waals surface area contributed by atoms with Crippen molar-refractivity contribution in [3.8, 4) is 11.5 Å². The van der Waals surface area contributed by atoms with Crippen molar-refractivity contribution in [3.05, 3.63) is 94.5 Å². The summed E-state index contributed by atoms with van der Waals surface area (Å²) in [6.45, 7) is 3.89. The summed E-state index contributed by atoms with van der Waals surface area (Å²) in [5, 5.41) is 0. The number of ketones is 1. The van der Waals surface area contributed by atoms with Crippen LogP contribution in [0.15, 0.2) is 66.7 Å². The van der Waals surface area contributed by atoms with Crippen molar-refractivity contribution < 1.29 is 23.8 Å². The van der Waals surface area contributed by atoms with E-state index in [4.69, 9.17) is 14.2 Å². The summed E-state index contributed by atoms with van der Waals surface area (Å²) >= 11 is 0. The van der Waals surface area contributed by atoms with E-state index in [2.05, 4.69) is 0 Å². The second-order valence-corrected chi connectivity index (χ2v) is 6.96. The van der Waals surface area contributed by atoms with Gasteiger partial charge in [-0.15, -0.1) is 0 Å². The van der Waals surface area contributed by atoms with Crippen LogP contribution in [-0.4, -0.2) is 26.0 Å². The Labute approximate surface area is 176 Å². The maximum atomic E-state index is 13.3. The van der Waals surface area contributed by atoms with Crippen LogP contribution in [0.3, 0.4) is 0 Å². The molecule has 0 aromatic heterocycles. The largest absolute Gasteiger partial charge is 0.496 e. The van der Waals surface area contributed by atoms with Gasteiger partial charge < -0.3 is 14.2 Å². The third kappa shape index (κ3) is 4.51. The van der Waals surface area contributed by atoms with Crippen molar-refractivity contribution in [2.45, 2.75) is 20.0 Å². The lowest BCUT2D eigenvalue weighted by Crippen LogP contribution is -2.21. The van der Waals surface area contributed by atoms with Gasteiger partial charge in [0.15, 0.2) is 6.10 Å². The minimum atomic E-state index is -1.10. The summed E-state index contributed by atoms with van der Waals surface area (Å²) in [4.78, 5) is 26.4. The monoisotopic (exact) mass is 404 g/mol. The first-order valence-corrected chi connectivity index (χ1v) is 9.54. The number of methoxy groups -OCH3 is 2. The van der Waals surface area contributed by atoms with E-state index in [0.29, 0.717) is 22.6 Å². The van der Waals surface area contributed by atoms with Gasteiger partial charge >= 0.3 is 5.97 Å². The zero-order valence-electron chi connectivity index (χ0n) is 17.5. The third-order valence-corrected chi connectivity index (χ3v) is 4.81. The summed E-state index contributed by atoms with van der Waals surface area (Å²) in [5.74, 6) is -0.383. The second kappa shape index (κ2) is 9.27. The molecule has 1 atom stereocenters. The number of aryl methyl sites for hydroxylation is 2. The van der Waals surface area contributed by atoms with Gasteiger partial charge in [0.25, 0.3) is 0 Å². The van der Waals surface area contributed by atoms with Crippen LogP contribution in [0.5, 0.6) is 11.5 Å². The van der Waals surface area contributed by atoms with E-state index in [1.807, 2.05) is 38.1 Å². The van der Waals surface area contributed by atoms with Crippen LogP contribution >= 0.6 is 0 Å². The van der Waals surface area contributed by atoms with Crippen LogP contribution in [0.4, 0.5) is 0 Å².